The van der Waals surface area contributed by atoms with E-state index in [1.807, 2.05) is 49.4 Å². The molecule has 0 saturated carbocycles. The zero-order chi connectivity index (χ0) is 21.4. The van der Waals surface area contributed by atoms with Crippen molar-refractivity contribution in [3.8, 4) is 5.75 Å². The first kappa shape index (κ1) is 22.8. The van der Waals surface area contributed by atoms with Crippen LogP contribution in [0.3, 0.4) is 0 Å². The van der Waals surface area contributed by atoms with Crippen LogP contribution >= 0.6 is 28.1 Å². The molecule has 0 atom stereocenters. The second kappa shape index (κ2) is 10.9. The van der Waals surface area contributed by atoms with E-state index in [0.717, 1.165) is 15.6 Å². The maximum Gasteiger partial charge on any atom is 0.276 e. The molecule has 0 radical (unpaired) electrons. The van der Waals surface area contributed by atoms with Gasteiger partial charge in [0.05, 0.1) is 10.9 Å². The van der Waals surface area contributed by atoms with E-state index in [0.29, 0.717) is 11.7 Å². The van der Waals surface area contributed by atoms with Gasteiger partial charge >= 0.3 is 0 Å². The smallest absolute Gasteiger partial charge is 0.276 e. The van der Waals surface area contributed by atoms with Crippen LogP contribution in [0.4, 0.5) is 0 Å². The van der Waals surface area contributed by atoms with Gasteiger partial charge in [-0.15, -0.1) is 0 Å². The summed E-state index contributed by atoms with van der Waals surface area (Å²) in [6, 6.07) is 13.4. The van der Waals surface area contributed by atoms with Crippen LogP contribution in [0.15, 0.2) is 46.9 Å². The number of ether oxygens (including phenoxy) is 1. The van der Waals surface area contributed by atoms with Crippen LogP contribution in [-0.2, 0) is 16.0 Å². The Morgan fingerprint density at radius 1 is 1.10 bits per heavy atom. The standard InChI is InChI=1S/C21H24BrN3O3S/c1-13(2)15-8-9-18(17(22)10-15)28-12-20(27)24-25-21(29)23-19(26)11-16-7-5-4-6-14(16)3/h4-10,13H,11-12H2,1-3H3,(H,24,27)(H2,23,25,26,29). The van der Waals surface area contributed by atoms with Gasteiger partial charge < -0.3 is 10.1 Å². The number of rotatable bonds is 6. The molecule has 6 nitrogen and oxygen atoms in total. The third kappa shape index (κ3) is 7.47. The predicted octanol–water partition coefficient (Wildman–Crippen LogP) is 3.52. The minimum Gasteiger partial charge on any atom is -0.483 e. The molecule has 2 aromatic rings. The van der Waals surface area contributed by atoms with E-state index in [1.54, 1.807) is 0 Å². The SMILES string of the molecule is Cc1ccccc1CC(=O)NC(=S)NNC(=O)COc1ccc(C(C)C)cc1Br. The fourth-order valence-electron chi connectivity index (χ4n) is 2.48. The summed E-state index contributed by atoms with van der Waals surface area (Å²) in [5, 5.41) is 2.54. The van der Waals surface area contributed by atoms with Gasteiger partial charge in [0.2, 0.25) is 5.91 Å². The van der Waals surface area contributed by atoms with E-state index < -0.39 is 5.91 Å². The first-order chi connectivity index (χ1) is 13.8. The molecule has 2 rings (SSSR count). The highest BCUT2D eigenvalue weighted by Gasteiger charge is 2.10. The number of aryl methyl sites for hydroxylation is 1. The maximum absolute atomic E-state index is 12.1. The largest absolute Gasteiger partial charge is 0.483 e. The average molecular weight is 478 g/mol. The van der Waals surface area contributed by atoms with Crippen LogP contribution in [0.2, 0.25) is 0 Å². The van der Waals surface area contributed by atoms with Crippen LogP contribution in [-0.4, -0.2) is 23.5 Å². The summed E-state index contributed by atoms with van der Waals surface area (Å²) in [5.41, 5.74) is 8.01. The Hall–Kier alpha value is -2.45. The Labute approximate surface area is 184 Å². The lowest BCUT2D eigenvalue weighted by atomic mass is 10.0. The Morgan fingerprint density at radius 2 is 1.83 bits per heavy atom. The van der Waals surface area contributed by atoms with Gasteiger partial charge in [-0.1, -0.05) is 44.2 Å². The minimum absolute atomic E-state index is 0.0133. The fourth-order valence-corrected chi connectivity index (χ4v) is 3.16. The predicted molar refractivity (Wildman–Crippen MR) is 121 cm³/mol. The number of hydrogen-bond donors (Lipinski definition) is 3. The van der Waals surface area contributed by atoms with E-state index >= 15 is 0 Å². The van der Waals surface area contributed by atoms with Crippen molar-refractivity contribution in [2.45, 2.75) is 33.1 Å². The molecule has 0 unspecified atom stereocenters. The lowest BCUT2D eigenvalue weighted by molar-refractivity contribution is -0.124. The van der Waals surface area contributed by atoms with E-state index in [2.05, 4.69) is 45.9 Å². The van der Waals surface area contributed by atoms with Crippen molar-refractivity contribution in [3.05, 3.63) is 63.6 Å². The van der Waals surface area contributed by atoms with Gasteiger partial charge in [-0.2, -0.15) is 0 Å². The summed E-state index contributed by atoms with van der Waals surface area (Å²) in [5.74, 6) is 0.269. The third-order valence-electron chi connectivity index (χ3n) is 4.16. The Morgan fingerprint density at radius 3 is 2.48 bits per heavy atom. The molecule has 154 valence electrons. The summed E-state index contributed by atoms with van der Waals surface area (Å²) in [4.78, 5) is 24.0. The van der Waals surface area contributed by atoms with E-state index in [9.17, 15) is 9.59 Å². The molecule has 0 aliphatic carbocycles. The molecule has 2 amide bonds. The summed E-state index contributed by atoms with van der Waals surface area (Å²) in [6.07, 6.45) is 0.200. The molecule has 0 bridgehead atoms. The van der Waals surface area contributed by atoms with Gasteiger partial charge in [-0.05, 0) is 69.8 Å². The normalized spacial score (nSPS) is 10.4. The van der Waals surface area contributed by atoms with Crippen molar-refractivity contribution < 1.29 is 14.3 Å². The monoisotopic (exact) mass is 477 g/mol. The number of carbonyl (C=O) groups is 2. The van der Waals surface area contributed by atoms with E-state index in [-0.39, 0.29) is 24.0 Å². The number of hydrogen-bond acceptors (Lipinski definition) is 4. The highest BCUT2D eigenvalue weighted by atomic mass is 79.9. The van der Waals surface area contributed by atoms with Crippen molar-refractivity contribution in [1.29, 1.82) is 0 Å². The molecule has 3 N–H and O–H groups in total. The lowest BCUT2D eigenvalue weighted by Gasteiger charge is -2.13. The molecule has 0 saturated heterocycles. The zero-order valence-electron chi connectivity index (χ0n) is 16.5. The fraction of sp³-hybridized carbons (Fsp3) is 0.286. The van der Waals surface area contributed by atoms with Gasteiger partial charge in [-0.3, -0.25) is 20.4 Å². The summed E-state index contributed by atoms with van der Waals surface area (Å²) >= 11 is 8.48. The van der Waals surface area contributed by atoms with Gasteiger partial charge in [0, 0.05) is 0 Å². The Kier molecular flexibility index (Phi) is 8.60. The van der Waals surface area contributed by atoms with Crippen LogP contribution in [0.25, 0.3) is 0 Å². The number of nitrogens with one attached hydrogen (secondary N) is 3. The van der Waals surface area contributed by atoms with Crippen molar-refractivity contribution >= 4 is 45.1 Å². The molecule has 0 aliphatic heterocycles. The highest BCUT2D eigenvalue weighted by Crippen LogP contribution is 2.28. The van der Waals surface area contributed by atoms with Crippen LogP contribution in [0.5, 0.6) is 5.75 Å². The molecular formula is C21H24BrN3O3S. The van der Waals surface area contributed by atoms with Gasteiger partial charge in [0.15, 0.2) is 11.7 Å². The molecular weight excluding hydrogens is 454 g/mol. The second-order valence-electron chi connectivity index (χ2n) is 6.79. The van der Waals surface area contributed by atoms with Crippen molar-refractivity contribution in [2.75, 3.05) is 6.61 Å². The van der Waals surface area contributed by atoms with Crippen molar-refractivity contribution in [2.24, 2.45) is 0 Å². The molecule has 0 spiro atoms. The quantitative estimate of drug-likeness (QED) is 0.438. The van der Waals surface area contributed by atoms with Crippen molar-refractivity contribution in [3.63, 3.8) is 0 Å². The first-order valence-electron chi connectivity index (χ1n) is 9.11. The number of hydrazine groups is 1. The van der Waals surface area contributed by atoms with Crippen LogP contribution in [0, 0.1) is 6.92 Å². The molecule has 0 fully saturated rings. The molecule has 8 heteroatoms. The first-order valence-corrected chi connectivity index (χ1v) is 10.3. The number of carbonyl (C=O) groups excluding carboxylic acids is 2. The summed E-state index contributed by atoms with van der Waals surface area (Å²) in [7, 11) is 0. The van der Waals surface area contributed by atoms with Crippen LogP contribution in [0.1, 0.15) is 36.5 Å². The van der Waals surface area contributed by atoms with Crippen molar-refractivity contribution in [1.82, 2.24) is 16.2 Å². The van der Waals surface area contributed by atoms with Gasteiger partial charge in [-0.25, -0.2) is 0 Å². The number of thiocarbonyl (C=S) groups is 1. The topological polar surface area (TPSA) is 79.5 Å². The number of benzene rings is 2. The minimum atomic E-state index is -0.430. The van der Waals surface area contributed by atoms with Crippen LogP contribution < -0.4 is 20.9 Å². The second-order valence-corrected chi connectivity index (χ2v) is 8.05. The molecule has 0 aromatic heterocycles. The molecule has 2 aromatic carbocycles. The number of halogens is 1. The Balaban J connectivity index is 1.74. The molecule has 29 heavy (non-hydrogen) atoms. The zero-order valence-corrected chi connectivity index (χ0v) is 18.9. The maximum atomic E-state index is 12.1. The average Bonchev–Trinajstić information content (AvgIpc) is 2.67. The summed E-state index contributed by atoms with van der Waals surface area (Å²) < 4.78 is 6.29. The Bertz CT molecular complexity index is 902. The van der Waals surface area contributed by atoms with E-state index in [4.69, 9.17) is 17.0 Å². The highest BCUT2D eigenvalue weighted by molar-refractivity contribution is 9.10. The molecule has 0 aliphatic rings. The molecule has 0 heterocycles. The van der Waals surface area contributed by atoms with E-state index in [1.165, 1.54) is 5.56 Å². The lowest BCUT2D eigenvalue weighted by Crippen LogP contribution is -2.50. The number of amides is 2. The third-order valence-corrected chi connectivity index (χ3v) is 4.99. The summed E-state index contributed by atoms with van der Waals surface area (Å²) in [6.45, 7) is 5.94. The van der Waals surface area contributed by atoms with Gasteiger partial charge in [0.25, 0.3) is 5.91 Å². The van der Waals surface area contributed by atoms with Gasteiger partial charge in [0.1, 0.15) is 5.75 Å².